The molecule has 1 aromatic heterocycles. The maximum absolute atomic E-state index is 4.63. The van der Waals surface area contributed by atoms with Gasteiger partial charge in [-0.15, -0.1) is 0 Å². The van der Waals surface area contributed by atoms with E-state index in [1.165, 1.54) is 0 Å². The average Bonchev–Trinajstić information content (AvgIpc) is 1.86. The van der Waals surface area contributed by atoms with Gasteiger partial charge >= 0.3 is 29.6 Å². The van der Waals surface area contributed by atoms with Crippen molar-refractivity contribution in [1.29, 1.82) is 0 Å². The second kappa shape index (κ2) is 3.43. The van der Waals surface area contributed by atoms with E-state index in [1.807, 2.05) is 0 Å². The Kier molecular flexibility index (Phi) is 3.65. The van der Waals surface area contributed by atoms with Crippen molar-refractivity contribution in [2.24, 2.45) is 0 Å². The van der Waals surface area contributed by atoms with E-state index < -0.39 is 0 Å². The summed E-state index contributed by atoms with van der Waals surface area (Å²) in [4.78, 5) is 5.52. The Hall–Kier alpha value is 0.430. The molecule has 7 heavy (non-hydrogen) atoms. The van der Waals surface area contributed by atoms with Crippen LogP contribution in [-0.4, -0.2) is 9.97 Å². The molecule has 4 heteroatoms. The molecular weight excluding hydrogens is 119 g/mol. The van der Waals surface area contributed by atoms with Crippen LogP contribution in [0.1, 0.15) is 1.43 Å². The van der Waals surface area contributed by atoms with Crippen LogP contribution in [0.25, 0.3) is 0 Å². The molecule has 0 atom stereocenters. The Labute approximate surface area is 70.1 Å². The summed E-state index contributed by atoms with van der Waals surface area (Å²) in [6.07, 6.45) is 3.50. The zero-order valence-electron chi connectivity index (χ0n) is 5.06. The van der Waals surface area contributed by atoms with Gasteiger partial charge in [0.15, 0.2) is 4.77 Å². The van der Waals surface area contributed by atoms with Crippen molar-refractivity contribution in [3.63, 3.8) is 0 Å². The molecule has 2 nitrogen and oxygen atoms in total. The minimum absolute atomic E-state index is 0. The molecule has 1 aromatic rings. The Morgan fingerprint density at radius 2 is 1.86 bits per heavy atom. The minimum Gasteiger partial charge on any atom is -1.00 e. The van der Waals surface area contributed by atoms with Crippen LogP contribution < -0.4 is 29.6 Å². The predicted octanol–water partition coefficient (Wildman–Crippen LogP) is -1.81. The molecule has 0 saturated heterocycles. The van der Waals surface area contributed by atoms with Crippen LogP contribution in [0, 0.1) is 4.77 Å². The molecule has 34 valence electrons. The summed E-state index contributed by atoms with van der Waals surface area (Å²) < 4.78 is 0.676. The second-order valence-electron chi connectivity index (χ2n) is 0.951. The summed E-state index contributed by atoms with van der Waals surface area (Å²) in [7, 11) is 0. The normalized spacial score (nSPS) is 7.43. The molecule has 0 bridgehead atoms. The first-order valence-corrected chi connectivity index (χ1v) is 2.02. The average molecular weight is 124 g/mol. The molecule has 0 unspecified atom stereocenters. The zero-order chi connectivity index (χ0) is 4.41. The van der Waals surface area contributed by atoms with E-state index in [0.717, 1.165) is 0 Å². The van der Waals surface area contributed by atoms with Gasteiger partial charge in [-0.25, -0.2) is 0 Å². The number of aromatic amines is 2. The van der Waals surface area contributed by atoms with Gasteiger partial charge in [0, 0.05) is 12.4 Å². The van der Waals surface area contributed by atoms with Crippen LogP contribution in [0.4, 0.5) is 0 Å². The van der Waals surface area contributed by atoms with E-state index in [-0.39, 0.29) is 31.0 Å². The fourth-order valence-corrected chi connectivity index (χ4v) is 0.412. The maximum Gasteiger partial charge on any atom is 1.00 e. The number of aromatic nitrogens is 2. The third-order valence-corrected chi connectivity index (χ3v) is 0.748. The largest absolute Gasteiger partial charge is 1.00 e. The maximum atomic E-state index is 4.63. The molecule has 0 aliphatic heterocycles. The number of H-pyrrole nitrogens is 2. The fraction of sp³-hybridized carbons (Fsp3) is 0. The SMILES string of the molecule is S=c1[nH]cc[nH]1.[H-].[Na+]. The number of imidazole rings is 1. The van der Waals surface area contributed by atoms with Crippen LogP contribution in [0.15, 0.2) is 12.4 Å². The molecule has 0 fully saturated rings. The van der Waals surface area contributed by atoms with Crippen molar-refractivity contribution < 1.29 is 31.0 Å². The molecular formula is C3H5N2NaS. The first kappa shape index (κ1) is 7.43. The van der Waals surface area contributed by atoms with Gasteiger partial charge in [-0.05, 0) is 12.2 Å². The molecule has 0 aliphatic carbocycles. The molecule has 0 spiro atoms. The monoisotopic (exact) mass is 124 g/mol. The quantitative estimate of drug-likeness (QED) is 0.310. The summed E-state index contributed by atoms with van der Waals surface area (Å²) >= 11 is 4.63. The van der Waals surface area contributed by atoms with Crippen molar-refractivity contribution in [1.82, 2.24) is 9.97 Å². The topological polar surface area (TPSA) is 31.6 Å². The fourth-order valence-electron chi connectivity index (χ4n) is 0.276. The Morgan fingerprint density at radius 1 is 1.43 bits per heavy atom. The predicted molar refractivity (Wildman–Crippen MR) is 27.1 cm³/mol. The van der Waals surface area contributed by atoms with Crippen molar-refractivity contribution in [3.05, 3.63) is 17.2 Å². The smallest absolute Gasteiger partial charge is 1.00 e. The first-order valence-electron chi connectivity index (χ1n) is 1.61. The van der Waals surface area contributed by atoms with Gasteiger partial charge in [0.25, 0.3) is 0 Å². The summed E-state index contributed by atoms with van der Waals surface area (Å²) in [5.74, 6) is 0. The molecule has 0 aliphatic rings. The van der Waals surface area contributed by atoms with E-state index in [4.69, 9.17) is 0 Å². The Bertz CT molecular complexity index is 155. The van der Waals surface area contributed by atoms with Gasteiger partial charge in [-0.1, -0.05) is 0 Å². The van der Waals surface area contributed by atoms with E-state index in [0.29, 0.717) is 4.77 Å². The van der Waals surface area contributed by atoms with E-state index in [9.17, 15) is 0 Å². The molecule has 2 N–H and O–H groups in total. The molecule has 0 amide bonds. The summed E-state index contributed by atoms with van der Waals surface area (Å²) in [5, 5.41) is 0. The number of hydrogen-bond acceptors (Lipinski definition) is 1. The van der Waals surface area contributed by atoms with Crippen LogP contribution >= 0.6 is 12.2 Å². The molecule has 0 aromatic carbocycles. The van der Waals surface area contributed by atoms with Crippen LogP contribution in [0.5, 0.6) is 0 Å². The van der Waals surface area contributed by atoms with Crippen molar-refractivity contribution >= 4 is 12.2 Å². The third kappa shape index (κ3) is 2.29. The van der Waals surface area contributed by atoms with Gasteiger partial charge < -0.3 is 11.4 Å². The standard InChI is InChI=1S/C3H4N2S.Na.H/c6-3-4-1-2-5-3;;/h1-2H,(H2,4,5,6);;/q;+1;-1. The summed E-state index contributed by atoms with van der Waals surface area (Å²) in [6, 6.07) is 0. The molecule has 1 rings (SSSR count). The van der Waals surface area contributed by atoms with Crippen LogP contribution in [-0.2, 0) is 0 Å². The van der Waals surface area contributed by atoms with Gasteiger partial charge in [-0.2, -0.15) is 0 Å². The van der Waals surface area contributed by atoms with Gasteiger partial charge in [-0.3, -0.25) is 0 Å². The minimum atomic E-state index is 0. The molecule has 1 heterocycles. The van der Waals surface area contributed by atoms with Crippen LogP contribution in [0.3, 0.4) is 0 Å². The van der Waals surface area contributed by atoms with Crippen molar-refractivity contribution in [3.8, 4) is 0 Å². The summed E-state index contributed by atoms with van der Waals surface area (Å²) in [5.41, 5.74) is 0. The molecule has 0 radical (unpaired) electrons. The number of rotatable bonds is 0. The second-order valence-corrected chi connectivity index (χ2v) is 1.36. The summed E-state index contributed by atoms with van der Waals surface area (Å²) in [6.45, 7) is 0. The number of hydrogen-bond donors (Lipinski definition) is 2. The Balaban J connectivity index is 0. The number of nitrogens with one attached hydrogen (secondary N) is 2. The van der Waals surface area contributed by atoms with Gasteiger partial charge in [0.05, 0.1) is 0 Å². The van der Waals surface area contributed by atoms with Crippen molar-refractivity contribution in [2.45, 2.75) is 0 Å². The van der Waals surface area contributed by atoms with Crippen molar-refractivity contribution in [2.75, 3.05) is 0 Å². The van der Waals surface area contributed by atoms with E-state index in [2.05, 4.69) is 22.2 Å². The Morgan fingerprint density at radius 3 is 2.00 bits per heavy atom. The van der Waals surface area contributed by atoms with E-state index >= 15 is 0 Å². The molecule has 0 saturated carbocycles. The van der Waals surface area contributed by atoms with Gasteiger partial charge in [0.1, 0.15) is 0 Å². The van der Waals surface area contributed by atoms with Crippen LogP contribution in [0.2, 0.25) is 0 Å². The van der Waals surface area contributed by atoms with E-state index in [1.54, 1.807) is 12.4 Å². The van der Waals surface area contributed by atoms with Gasteiger partial charge in [0.2, 0.25) is 0 Å². The zero-order valence-corrected chi connectivity index (χ0v) is 6.88. The third-order valence-electron chi connectivity index (χ3n) is 0.512. The first-order chi connectivity index (χ1) is 2.89.